The van der Waals surface area contributed by atoms with Crippen molar-refractivity contribution in [1.82, 2.24) is 0 Å². The number of benzene rings is 1. The van der Waals surface area contributed by atoms with Crippen molar-refractivity contribution in [2.75, 3.05) is 13.2 Å². The zero-order valence-electron chi connectivity index (χ0n) is 12.1. The molecule has 4 heteroatoms. The Morgan fingerprint density at radius 3 is 2.25 bits per heavy atom. The Morgan fingerprint density at radius 2 is 1.65 bits per heavy atom. The van der Waals surface area contributed by atoms with Gasteiger partial charge in [0.05, 0.1) is 13.2 Å². The van der Waals surface area contributed by atoms with Crippen molar-refractivity contribution in [2.45, 2.75) is 39.0 Å². The van der Waals surface area contributed by atoms with Gasteiger partial charge in [0.1, 0.15) is 0 Å². The van der Waals surface area contributed by atoms with Crippen LogP contribution in [0.1, 0.15) is 44.6 Å². The monoisotopic (exact) mass is 278 g/mol. The van der Waals surface area contributed by atoms with Crippen LogP contribution in [0.3, 0.4) is 0 Å². The van der Waals surface area contributed by atoms with Crippen LogP contribution in [0.25, 0.3) is 0 Å². The maximum atomic E-state index is 11.0. The highest BCUT2D eigenvalue weighted by Gasteiger charge is 2.12. The minimum atomic E-state index is -0.258. The first-order valence-electron chi connectivity index (χ1n) is 6.91. The molecule has 1 unspecified atom stereocenters. The Hall–Kier alpha value is -1.84. The smallest absolute Gasteiger partial charge is 0.302 e. The predicted molar refractivity (Wildman–Crippen MR) is 76.3 cm³/mol. The van der Waals surface area contributed by atoms with Crippen LogP contribution < -0.4 is 0 Å². The van der Waals surface area contributed by atoms with E-state index in [1.165, 1.54) is 19.4 Å². The molecule has 0 spiro atoms. The molecule has 0 heterocycles. The van der Waals surface area contributed by atoms with E-state index in [2.05, 4.69) is 0 Å². The van der Waals surface area contributed by atoms with Gasteiger partial charge in [0.25, 0.3) is 0 Å². The third kappa shape index (κ3) is 6.92. The minimum Gasteiger partial charge on any atom is -0.466 e. The lowest BCUT2D eigenvalue weighted by Gasteiger charge is -2.17. The van der Waals surface area contributed by atoms with E-state index in [9.17, 15) is 9.59 Å². The molecule has 0 saturated carbocycles. The summed E-state index contributed by atoms with van der Waals surface area (Å²) in [5.74, 6) is -0.312. The summed E-state index contributed by atoms with van der Waals surface area (Å²) in [6.07, 6.45) is 2.65. The lowest BCUT2D eigenvalue weighted by Crippen LogP contribution is -2.11. The van der Waals surface area contributed by atoms with Gasteiger partial charge in [-0.05, 0) is 24.8 Å². The molecule has 0 aliphatic heterocycles. The number of rotatable bonds is 8. The fourth-order valence-electron chi connectivity index (χ4n) is 2.00. The van der Waals surface area contributed by atoms with Crippen molar-refractivity contribution in [3.05, 3.63) is 35.9 Å². The fourth-order valence-corrected chi connectivity index (χ4v) is 2.00. The van der Waals surface area contributed by atoms with Gasteiger partial charge in [-0.15, -0.1) is 0 Å². The second kappa shape index (κ2) is 9.13. The zero-order chi connectivity index (χ0) is 14.8. The second-order valence-corrected chi connectivity index (χ2v) is 4.75. The lowest BCUT2D eigenvalue weighted by molar-refractivity contribution is -0.142. The standard InChI is InChI=1S/C16H22O4/c1-13(17)19-11-7-6-10-16(12-20-14(2)18)15-8-4-3-5-9-15/h3-5,8-9,16H,6-7,10-12H2,1-2H3. The van der Waals surface area contributed by atoms with Crippen LogP contribution in [0.15, 0.2) is 30.3 Å². The maximum Gasteiger partial charge on any atom is 0.302 e. The summed E-state index contributed by atoms with van der Waals surface area (Å²) in [5, 5.41) is 0. The topological polar surface area (TPSA) is 52.6 Å². The predicted octanol–water partition coefficient (Wildman–Crippen LogP) is 3.07. The molecular formula is C16H22O4. The molecule has 0 saturated heterocycles. The Kier molecular flexibility index (Phi) is 7.40. The normalized spacial score (nSPS) is 11.7. The summed E-state index contributed by atoms with van der Waals surface area (Å²) < 4.78 is 10.0. The van der Waals surface area contributed by atoms with Gasteiger partial charge in [0.15, 0.2) is 0 Å². The quantitative estimate of drug-likeness (QED) is 0.541. The molecule has 1 aromatic rings. The van der Waals surface area contributed by atoms with E-state index in [-0.39, 0.29) is 17.9 Å². The molecule has 4 nitrogen and oxygen atoms in total. The highest BCUT2D eigenvalue weighted by molar-refractivity contribution is 5.66. The van der Waals surface area contributed by atoms with Gasteiger partial charge >= 0.3 is 11.9 Å². The zero-order valence-corrected chi connectivity index (χ0v) is 12.1. The number of hydrogen-bond acceptors (Lipinski definition) is 4. The molecule has 20 heavy (non-hydrogen) atoms. The molecule has 1 aromatic carbocycles. The van der Waals surface area contributed by atoms with Crippen LogP contribution in [-0.2, 0) is 19.1 Å². The number of carbonyl (C=O) groups excluding carboxylic acids is 2. The molecule has 1 rings (SSSR count). The first-order chi connectivity index (χ1) is 9.59. The van der Waals surface area contributed by atoms with Crippen LogP contribution in [0.5, 0.6) is 0 Å². The number of esters is 2. The maximum absolute atomic E-state index is 11.0. The molecule has 110 valence electrons. The Balaban J connectivity index is 2.42. The Bertz CT molecular complexity index is 414. The summed E-state index contributed by atoms with van der Waals surface area (Å²) in [6.45, 7) is 3.67. The molecular weight excluding hydrogens is 256 g/mol. The molecule has 0 aliphatic rings. The van der Waals surface area contributed by atoms with Crippen molar-refractivity contribution in [1.29, 1.82) is 0 Å². The average Bonchev–Trinajstić information content (AvgIpc) is 2.42. The van der Waals surface area contributed by atoms with Crippen LogP contribution >= 0.6 is 0 Å². The molecule has 0 bridgehead atoms. The van der Waals surface area contributed by atoms with Gasteiger partial charge < -0.3 is 9.47 Å². The van der Waals surface area contributed by atoms with Gasteiger partial charge in [-0.25, -0.2) is 0 Å². The summed E-state index contributed by atoms with van der Waals surface area (Å²) in [5.41, 5.74) is 1.17. The first-order valence-corrected chi connectivity index (χ1v) is 6.91. The second-order valence-electron chi connectivity index (χ2n) is 4.75. The lowest BCUT2D eigenvalue weighted by atomic mass is 9.94. The van der Waals surface area contributed by atoms with E-state index in [4.69, 9.17) is 9.47 Å². The molecule has 0 fully saturated rings. The van der Waals surface area contributed by atoms with E-state index >= 15 is 0 Å². The van der Waals surface area contributed by atoms with Crippen LogP contribution in [0, 0.1) is 0 Å². The average molecular weight is 278 g/mol. The Labute approximate surface area is 120 Å². The van der Waals surface area contributed by atoms with Crippen LogP contribution in [0.2, 0.25) is 0 Å². The van der Waals surface area contributed by atoms with E-state index in [0.717, 1.165) is 19.3 Å². The number of ether oxygens (including phenoxy) is 2. The van der Waals surface area contributed by atoms with Gasteiger partial charge in [0, 0.05) is 19.8 Å². The molecule has 0 radical (unpaired) electrons. The van der Waals surface area contributed by atoms with Gasteiger partial charge in [-0.2, -0.15) is 0 Å². The van der Waals surface area contributed by atoms with Crippen molar-refractivity contribution in [3.63, 3.8) is 0 Å². The summed E-state index contributed by atoms with van der Waals surface area (Å²) in [4.78, 5) is 21.6. The fraction of sp³-hybridized carbons (Fsp3) is 0.500. The summed E-state index contributed by atoms with van der Waals surface area (Å²) >= 11 is 0. The van der Waals surface area contributed by atoms with Crippen molar-refractivity contribution >= 4 is 11.9 Å². The van der Waals surface area contributed by atoms with Crippen molar-refractivity contribution < 1.29 is 19.1 Å². The molecule has 0 aliphatic carbocycles. The van der Waals surface area contributed by atoms with E-state index < -0.39 is 0 Å². The highest BCUT2D eigenvalue weighted by atomic mass is 16.5. The van der Waals surface area contributed by atoms with Gasteiger partial charge in [0.2, 0.25) is 0 Å². The molecule has 0 amide bonds. The third-order valence-corrected chi connectivity index (χ3v) is 3.01. The summed E-state index contributed by atoms with van der Waals surface area (Å²) in [6, 6.07) is 10.0. The number of carbonyl (C=O) groups is 2. The summed E-state index contributed by atoms with van der Waals surface area (Å²) in [7, 11) is 0. The van der Waals surface area contributed by atoms with Crippen LogP contribution in [-0.4, -0.2) is 25.2 Å². The van der Waals surface area contributed by atoms with Gasteiger partial charge in [-0.1, -0.05) is 30.3 Å². The van der Waals surface area contributed by atoms with E-state index in [0.29, 0.717) is 13.2 Å². The molecule has 1 atom stereocenters. The van der Waals surface area contributed by atoms with Crippen molar-refractivity contribution in [3.8, 4) is 0 Å². The first kappa shape index (κ1) is 16.2. The van der Waals surface area contributed by atoms with Crippen molar-refractivity contribution in [2.24, 2.45) is 0 Å². The Morgan fingerprint density at radius 1 is 1.00 bits per heavy atom. The van der Waals surface area contributed by atoms with E-state index in [1.54, 1.807) is 0 Å². The van der Waals surface area contributed by atoms with Gasteiger partial charge in [-0.3, -0.25) is 9.59 Å². The molecule has 0 aromatic heterocycles. The third-order valence-electron chi connectivity index (χ3n) is 3.01. The molecule has 0 N–H and O–H groups in total. The van der Waals surface area contributed by atoms with Crippen LogP contribution in [0.4, 0.5) is 0 Å². The SMILES string of the molecule is CC(=O)OCCCCC(COC(C)=O)c1ccccc1. The number of unbranched alkanes of at least 4 members (excludes halogenated alkanes) is 1. The number of hydrogen-bond donors (Lipinski definition) is 0. The van der Waals surface area contributed by atoms with E-state index in [1.807, 2.05) is 30.3 Å². The minimum absolute atomic E-state index is 0.192. The highest BCUT2D eigenvalue weighted by Crippen LogP contribution is 2.22. The largest absolute Gasteiger partial charge is 0.466 e.